The maximum absolute atomic E-state index is 2.56. The number of hydrogen-bond donors (Lipinski definition) is 0. The Balaban J connectivity index is 0.000000514. The first-order valence-electron chi connectivity index (χ1n) is 6.76. The Morgan fingerprint density at radius 2 is 1.59 bits per heavy atom. The van der Waals surface area contributed by atoms with Gasteiger partial charge in [-0.2, -0.15) is 0 Å². The van der Waals surface area contributed by atoms with Crippen LogP contribution in [0.25, 0.3) is 0 Å². The molecule has 0 N–H and O–H groups in total. The smallest absolute Gasteiger partial charge is 0.0124 e. The van der Waals surface area contributed by atoms with E-state index < -0.39 is 0 Å². The Morgan fingerprint density at radius 1 is 1.00 bits per heavy atom. The summed E-state index contributed by atoms with van der Waals surface area (Å²) in [6.45, 7) is 4.00. The van der Waals surface area contributed by atoms with Gasteiger partial charge in [-0.15, -0.1) is 11.8 Å². The van der Waals surface area contributed by atoms with Gasteiger partial charge in [-0.05, 0) is 38.4 Å². The first-order chi connectivity index (χ1) is 8.33. The highest BCUT2D eigenvalue weighted by Gasteiger charge is 2.42. The predicted octanol–water partition coefficient (Wildman–Crippen LogP) is 4.04. The maximum Gasteiger partial charge on any atom is 0.0124 e. The van der Waals surface area contributed by atoms with Crippen molar-refractivity contribution in [1.29, 1.82) is 0 Å². The van der Waals surface area contributed by atoms with Gasteiger partial charge in [-0.25, -0.2) is 0 Å². The van der Waals surface area contributed by atoms with Crippen LogP contribution in [0.2, 0.25) is 0 Å². The van der Waals surface area contributed by atoms with Crippen molar-refractivity contribution in [2.45, 2.75) is 55.3 Å². The third-order valence-corrected chi connectivity index (χ3v) is 5.07. The molecular weight excluding hydrogens is 226 g/mol. The van der Waals surface area contributed by atoms with Crippen LogP contribution in [0.3, 0.4) is 0 Å². The summed E-state index contributed by atoms with van der Waals surface area (Å²) in [6.07, 6.45) is 4.21. The first kappa shape index (κ1) is 13.0. The molecule has 1 aromatic rings. The van der Waals surface area contributed by atoms with Gasteiger partial charge in [-0.3, -0.25) is 0 Å². The highest BCUT2D eigenvalue weighted by molar-refractivity contribution is 8.00. The predicted molar refractivity (Wildman–Crippen MR) is 76.6 cm³/mol. The van der Waals surface area contributed by atoms with E-state index in [2.05, 4.69) is 54.0 Å². The average Bonchev–Trinajstić information content (AvgIpc) is 2.42. The SMILES string of the molecule is CC.CN1C2CC(Sc3ccccc3)CC1C2. The molecule has 0 aromatic heterocycles. The zero-order chi connectivity index (χ0) is 12.3. The summed E-state index contributed by atoms with van der Waals surface area (Å²) < 4.78 is 0. The molecule has 4 rings (SSSR count). The molecule has 94 valence electrons. The topological polar surface area (TPSA) is 3.24 Å². The van der Waals surface area contributed by atoms with Gasteiger partial charge in [0.15, 0.2) is 0 Å². The number of fused-ring (bicyclic) bond motifs is 2. The number of hydrogen-bond acceptors (Lipinski definition) is 2. The van der Waals surface area contributed by atoms with E-state index in [0.717, 1.165) is 17.3 Å². The van der Waals surface area contributed by atoms with E-state index in [-0.39, 0.29) is 0 Å². The zero-order valence-corrected chi connectivity index (χ0v) is 11.9. The van der Waals surface area contributed by atoms with Crippen molar-refractivity contribution in [3.05, 3.63) is 30.3 Å². The van der Waals surface area contributed by atoms with E-state index in [0.29, 0.717) is 0 Å². The summed E-state index contributed by atoms with van der Waals surface area (Å²) in [5.41, 5.74) is 0. The van der Waals surface area contributed by atoms with Gasteiger partial charge in [0.25, 0.3) is 0 Å². The van der Waals surface area contributed by atoms with Crippen LogP contribution in [-0.4, -0.2) is 29.3 Å². The summed E-state index contributed by atoms with van der Waals surface area (Å²) in [7, 11) is 2.28. The van der Waals surface area contributed by atoms with Gasteiger partial charge in [0.1, 0.15) is 0 Å². The van der Waals surface area contributed by atoms with Crippen molar-refractivity contribution < 1.29 is 0 Å². The molecular formula is C15H23NS. The van der Waals surface area contributed by atoms with E-state index in [9.17, 15) is 0 Å². The molecule has 1 nitrogen and oxygen atoms in total. The van der Waals surface area contributed by atoms with Crippen molar-refractivity contribution in [2.75, 3.05) is 7.05 Å². The Bertz CT molecular complexity index is 326. The second-order valence-corrected chi connectivity index (χ2v) is 6.11. The average molecular weight is 249 g/mol. The largest absolute Gasteiger partial charge is 0.300 e. The van der Waals surface area contributed by atoms with Crippen LogP contribution in [0.15, 0.2) is 35.2 Å². The van der Waals surface area contributed by atoms with E-state index in [1.165, 1.54) is 24.2 Å². The zero-order valence-electron chi connectivity index (χ0n) is 11.1. The fraction of sp³-hybridized carbons (Fsp3) is 0.600. The lowest BCUT2D eigenvalue weighted by molar-refractivity contribution is 0.00108. The molecule has 2 heteroatoms. The minimum atomic E-state index is 0.854. The molecule has 0 spiro atoms. The highest BCUT2D eigenvalue weighted by Crippen LogP contribution is 2.43. The second-order valence-electron chi connectivity index (χ2n) is 4.73. The first-order valence-corrected chi connectivity index (χ1v) is 7.64. The fourth-order valence-electron chi connectivity index (χ4n) is 2.82. The second kappa shape index (κ2) is 5.92. The molecule has 2 heterocycles. The van der Waals surface area contributed by atoms with Gasteiger partial charge >= 0.3 is 0 Å². The molecule has 1 aliphatic carbocycles. The molecule has 2 bridgehead atoms. The molecule has 1 saturated carbocycles. The standard InChI is InChI=1S/C13H17NS.C2H6/c1-14-10-7-11(14)9-13(8-10)15-12-5-3-2-4-6-12;1-2/h2-6,10-11,13H,7-9H2,1H3;1-2H3. The van der Waals surface area contributed by atoms with Crippen molar-refractivity contribution in [3.8, 4) is 0 Å². The van der Waals surface area contributed by atoms with Crippen LogP contribution in [0.5, 0.6) is 0 Å². The quantitative estimate of drug-likeness (QED) is 0.778. The molecule has 2 saturated heterocycles. The van der Waals surface area contributed by atoms with Crippen LogP contribution in [0.1, 0.15) is 33.1 Å². The Hall–Kier alpha value is -0.470. The van der Waals surface area contributed by atoms with Gasteiger partial charge in [-0.1, -0.05) is 32.0 Å². The van der Waals surface area contributed by atoms with Gasteiger partial charge < -0.3 is 4.90 Å². The molecule has 3 fully saturated rings. The summed E-state index contributed by atoms with van der Waals surface area (Å²) in [5.74, 6) is 0. The lowest BCUT2D eigenvalue weighted by atomic mass is 9.80. The van der Waals surface area contributed by atoms with Gasteiger partial charge in [0, 0.05) is 22.2 Å². The minimum Gasteiger partial charge on any atom is -0.300 e. The third-order valence-electron chi connectivity index (χ3n) is 3.81. The summed E-state index contributed by atoms with van der Waals surface area (Å²) in [6, 6.07) is 12.6. The number of nitrogens with zero attached hydrogens (tertiary/aromatic N) is 1. The number of rotatable bonds is 2. The monoisotopic (exact) mass is 249 g/mol. The molecule has 17 heavy (non-hydrogen) atoms. The van der Waals surface area contributed by atoms with Crippen molar-refractivity contribution in [2.24, 2.45) is 0 Å². The van der Waals surface area contributed by atoms with Crippen molar-refractivity contribution >= 4 is 11.8 Å². The molecule has 0 amide bonds. The normalized spacial score (nSPS) is 31.1. The minimum absolute atomic E-state index is 0.854. The van der Waals surface area contributed by atoms with Crippen LogP contribution in [-0.2, 0) is 0 Å². The molecule has 2 unspecified atom stereocenters. The van der Waals surface area contributed by atoms with Gasteiger partial charge in [0.2, 0.25) is 0 Å². The molecule has 1 aromatic carbocycles. The molecule has 0 radical (unpaired) electrons. The summed E-state index contributed by atoms with van der Waals surface area (Å²) >= 11 is 2.07. The molecule has 2 aliphatic heterocycles. The highest BCUT2D eigenvalue weighted by atomic mass is 32.2. The Kier molecular flexibility index (Phi) is 4.52. The van der Waals surface area contributed by atoms with E-state index >= 15 is 0 Å². The summed E-state index contributed by atoms with van der Waals surface area (Å²) in [4.78, 5) is 3.99. The maximum atomic E-state index is 2.56. The van der Waals surface area contributed by atoms with Crippen LogP contribution < -0.4 is 0 Å². The van der Waals surface area contributed by atoms with Crippen molar-refractivity contribution in [1.82, 2.24) is 4.90 Å². The van der Waals surface area contributed by atoms with Gasteiger partial charge in [0.05, 0.1) is 0 Å². The summed E-state index contributed by atoms with van der Waals surface area (Å²) in [5, 5.41) is 0.854. The third kappa shape index (κ3) is 2.86. The lowest BCUT2D eigenvalue weighted by Crippen LogP contribution is -2.59. The fourth-order valence-corrected chi connectivity index (χ4v) is 4.16. The Morgan fingerprint density at radius 3 is 2.12 bits per heavy atom. The number of thioether (sulfide) groups is 1. The van der Waals surface area contributed by atoms with Crippen LogP contribution >= 0.6 is 11.8 Å². The molecule has 2 atom stereocenters. The van der Waals surface area contributed by atoms with E-state index in [1.54, 1.807) is 0 Å². The number of benzene rings is 1. The van der Waals surface area contributed by atoms with Crippen molar-refractivity contribution in [3.63, 3.8) is 0 Å². The lowest BCUT2D eigenvalue weighted by Gasteiger charge is -2.53. The molecule has 3 aliphatic rings. The van der Waals surface area contributed by atoms with Crippen LogP contribution in [0.4, 0.5) is 0 Å². The van der Waals surface area contributed by atoms with E-state index in [4.69, 9.17) is 0 Å². The van der Waals surface area contributed by atoms with Crippen LogP contribution in [0, 0.1) is 0 Å². The van der Waals surface area contributed by atoms with E-state index in [1.807, 2.05) is 13.8 Å². The number of piperidine rings is 1. The Labute approximate surface area is 110 Å².